The number of ether oxygens (including phenoxy) is 2. The van der Waals surface area contributed by atoms with E-state index in [4.69, 9.17) is 9.47 Å². The maximum Gasteiger partial charge on any atom is 0.257 e. The van der Waals surface area contributed by atoms with E-state index in [1.807, 2.05) is 37.3 Å². The molecule has 0 unspecified atom stereocenters. The molecule has 0 saturated heterocycles. The van der Waals surface area contributed by atoms with Crippen LogP contribution in [0.2, 0.25) is 0 Å². The first kappa shape index (κ1) is 16.9. The number of nitrogens with one attached hydrogen (secondary N) is 2. The average Bonchev–Trinajstić information content (AvgIpc) is 3.04. The summed E-state index contributed by atoms with van der Waals surface area (Å²) in [7, 11) is 3.17. The molecule has 3 aromatic rings. The van der Waals surface area contributed by atoms with Crippen molar-refractivity contribution in [3.05, 3.63) is 53.2 Å². The number of para-hydroxylation sites is 1. The van der Waals surface area contributed by atoms with Crippen molar-refractivity contribution in [2.75, 3.05) is 19.5 Å². The summed E-state index contributed by atoms with van der Waals surface area (Å²) in [4.78, 5) is 16.0. The smallest absolute Gasteiger partial charge is 0.257 e. The second-order valence-corrected chi connectivity index (χ2v) is 5.87. The number of carbonyl (C=O) groups is 1. The molecule has 1 heterocycles. The highest BCUT2D eigenvalue weighted by atomic mass is 16.5. The van der Waals surface area contributed by atoms with Crippen LogP contribution in [0.3, 0.4) is 0 Å². The second kappa shape index (κ2) is 6.89. The molecule has 1 aromatic heterocycles. The third-order valence-corrected chi connectivity index (χ3v) is 4.41. The molecule has 25 heavy (non-hydrogen) atoms. The molecule has 1 amide bonds. The standard InChI is InChI=1S/C20H22N2O3/c1-5-13-8-6-7-12(2)19(13)22-20(23)15-11-21-16-10-18(25-4)17(24-3)9-14(15)16/h6-11,21H,5H2,1-4H3,(H,22,23). The SMILES string of the molecule is CCc1cccc(C)c1NC(=O)c1c[nH]c2cc(OC)c(OC)cc12. The van der Waals surface area contributed by atoms with Gasteiger partial charge < -0.3 is 19.8 Å². The number of anilines is 1. The van der Waals surface area contributed by atoms with Gasteiger partial charge in [-0.1, -0.05) is 25.1 Å². The summed E-state index contributed by atoms with van der Waals surface area (Å²) in [5.41, 5.74) is 4.44. The second-order valence-electron chi connectivity index (χ2n) is 5.87. The van der Waals surface area contributed by atoms with Crippen molar-refractivity contribution < 1.29 is 14.3 Å². The number of rotatable bonds is 5. The zero-order valence-electron chi connectivity index (χ0n) is 14.9. The first-order valence-corrected chi connectivity index (χ1v) is 8.22. The molecule has 130 valence electrons. The Kier molecular flexibility index (Phi) is 4.65. The highest BCUT2D eigenvalue weighted by Crippen LogP contribution is 2.33. The lowest BCUT2D eigenvalue weighted by Crippen LogP contribution is -2.14. The molecule has 0 radical (unpaired) electrons. The summed E-state index contributed by atoms with van der Waals surface area (Å²) in [6.45, 7) is 4.07. The Balaban J connectivity index is 2.01. The Morgan fingerprint density at radius 3 is 2.56 bits per heavy atom. The monoisotopic (exact) mass is 338 g/mol. The normalized spacial score (nSPS) is 10.7. The molecule has 5 nitrogen and oxygen atoms in total. The Hall–Kier alpha value is -2.95. The van der Waals surface area contributed by atoms with Crippen LogP contribution in [0.15, 0.2) is 36.5 Å². The highest BCUT2D eigenvalue weighted by Gasteiger charge is 2.17. The van der Waals surface area contributed by atoms with E-state index < -0.39 is 0 Å². The maximum absolute atomic E-state index is 12.9. The molecular weight excluding hydrogens is 316 g/mol. The summed E-state index contributed by atoms with van der Waals surface area (Å²) in [6, 6.07) is 9.69. The lowest BCUT2D eigenvalue weighted by atomic mass is 10.1. The van der Waals surface area contributed by atoms with E-state index in [-0.39, 0.29) is 5.91 Å². The number of carbonyl (C=O) groups excluding carboxylic acids is 1. The zero-order valence-corrected chi connectivity index (χ0v) is 14.9. The van der Waals surface area contributed by atoms with Gasteiger partial charge in [-0.25, -0.2) is 0 Å². The van der Waals surface area contributed by atoms with Crippen LogP contribution in [-0.4, -0.2) is 25.1 Å². The van der Waals surface area contributed by atoms with Crippen molar-refractivity contribution in [3.8, 4) is 11.5 Å². The largest absolute Gasteiger partial charge is 0.493 e. The minimum Gasteiger partial charge on any atom is -0.493 e. The zero-order chi connectivity index (χ0) is 18.0. The average molecular weight is 338 g/mol. The molecule has 3 rings (SSSR count). The number of fused-ring (bicyclic) bond motifs is 1. The van der Waals surface area contributed by atoms with Gasteiger partial charge in [0.05, 0.1) is 25.3 Å². The van der Waals surface area contributed by atoms with Crippen LogP contribution in [0.25, 0.3) is 10.9 Å². The quantitative estimate of drug-likeness (QED) is 0.729. The number of benzene rings is 2. The molecule has 5 heteroatoms. The molecule has 2 aromatic carbocycles. The van der Waals surface area contributed by atoms with Gasteiger partial charge in [-0.2, -0.15) is 0 Å². The van der Waals surface area contributed by atoms with Crippen LogP contribution < -0.4 is 14.8 Å². The lowest BCUT2D eigenvalue weighted by Gasteiger charge is -2.13. The molecule has 0 aliphatic heterocycles. The Morgan fingerprint density at radius 2 is 1.88 bits per heavy atom. The van der Waals surface area contributed by atoms with Gasteiger partial charge >= 0.3 is 0 Å². The van der Waals surface area contributed by atoms with Crippen molar-refractivity contribution in [1.29, 1.82) is 0 Å². The van der Waals surface area contributed by atoms with Gasteiger partial charge in [0.1, 0.15) is 0 Å². The summed E-state index contributed by atoms with van der Waals surface area (Å²) < 4.78 is 10.7. The number of H-pyrrole nitrogens is 1. The Morgan fingerprint density at radius 1 is 1.16 bits per heavy atom. The minimum atomic E-state index is -0.150. The number of methoxy groups -OCH3 is 2. The molecule has 0 saturated carbocycles. The van der Waals surface area contributed by atoms with E-state index in [1.165, 1.54) is 0 Å². The van der Waals surface area contributed by atoms with Gasteiger partial charge in [-0.15, -0.1) is 0 Å². The lowest BCUT2D eigenvalue weighted by molar-refractivity contribution is 0.102. The fraction of sp³-hybridized carbons (Fsp3) is 0.250. The fourth-order valence-corrected chi connectivity index (χ4v) is 3.02. The predicted octanol–water partition coefficient (Wildman–Crippen LogP) is 4.31. The van der Waals surface area contributed by atoms with Crippen LogP contribution in [-0.2, 0) is 6.42 Å². The van der Waals surface area contributed by atoms with Gasteiger partial charge in [0, 0.05) is 23.3 Å². The summed E-state index contributed by atoms with van der Waals surface area (Å²) in [5.74, 6) is 1.06. The van der Waals surface area contributed by atoms with Gasteiger partial charge in [-0.3, -0.25) is 4.79 Å². The van der Waals surface area contributed by atoms with E-state index in [2.05, 4.69) is 17.2 Å². The van der Waals surface area contributed by atoms with Crippen molar-refractivity contribution in [1.82, 2.24) is 4.98 Å². The molecule has 2 N–H and O–H groups in total. The van der Waals surface area contributed by atoms with Gasteiger partial charge in [0.2, 0.25) is 0 Å². The summed E-state index contributed by atoms with van der Waals surface area (Å²) in [5, 5.41) is 3.85. The third-order valence-electron chi connectivity index (χ3n) is 4.41. The minimum absolute atomic E-state index is 0.150. The van der Waals surface area contributed by atoms with Crippen LogP contribution in [0, 0.1) is 6.92 Å². The van der Waals surface area contributed by atoms with Crippen LogP contribution in [0.1, 0.15) is 28.4 Å². The molecule has 0 spiro atoms. The topological polar surface area (TPSA) is 63.4 Å². The number of hydrogen-bond acceptors (Lipinski definition) is 3. The number of aromatic amines is 1. The van der Waals surface area contributed by atoms with E-state index >= 15 is 0 Å². The van der Waals surface area contributed by atoms with Crippen molar-refractivity contribution in [2.45, 2.75) is 20.3 Å². The van der Waals surface area contributed by atoms with Gasteiger partial charge in [0.25, 0.3) is 5.91 Å². The summed E-state index contributed by atoms with van der Waals surface area (Å²) >= 11 is 0. The third kappa shape index (κ3) is 3.05. The predicted molar refractivity (Wildman–Crippen MR) is 99.9 cm³/mol. The summed E-state index contributed by atoms with van der Waals surface area (Å²) in [6.07, 6.45) is 2.57. The van der Waals surface area contributed by atoms with Gasteiger partial charge in [-0.05, 0) is 30.5 Å². The molecular formula is C20H22N2O3. The number of hydrogen-bond donors (Lipinski definition) is 2. The number of aromatic nitrogens is 1. The Labute approximate surface area is 147 Å². The van der Waals surface area contributed by atoms with Gasteiger partial charge in [0.15, 0.2) is 11.5 Å². The molecule has 0 aliphatic carbocycles. The van der Waals surface area contributed by atoms with E-state index in [1.54, 1.807) is 20.4 Å². The van der Waals surface area contributed by atoms with Crippen LogP contribution >= 0.6 is 0 Å². The van der Waals surface area contributed by atoms with Crippen molar-refractivity contribution >= 4 is 22.5 Å². The Bertz CT molecular complexity index is 928. The van der Waals surface area contributed by atoms with E-state index in [0.717, 1.165) is 34.1 Å². The van der Waals surface area contributed by atoms with Crippen molar-refractivity contribution in [2.24, 2.45) is 0 Å². The first-order valence-electron chi connectivity index (χ1n) is 8.22. The van der Waals surface area contributed by atoms with Crippen molar-refractivity contribution in [3.63, 3.8) is 0 Å². The molecule has 0 bridgehead atoms. The molecule has 0 aliphatic rings. The highest BCUT2D eigenvalue weighted by molar-refractivity contribution is 6.13. The molecule has 0 atom stereocenters. The van der Waals surface area contributed by atoms with E-state index in [0.29, 0.717) is 17.1 Å². The van der Waals surface area contributed by atoms with E-state index in [9.17, 15) is 4.79 Å². The van der Waals surface area contributed by atoms with Crippen LogP contribution in [0.4, 0.5) is 5.69 Å². The maximum atomic E-state index is 12.9. The number of amides is 1. The van der Waals surface area contributed by atoms with Crippen LogP contribution in [0.5, 0.6) is 11.5 Å². The fourth-order valence-electron chi connectivity index (χ4n) is 3.02. The number of aryl methyl sites for hydroxylation is 2. The molecule has 0 fully saturated rings. The first-order chi connectivity index (χ1) is 12.1.